The molecule has 0 fully saturated rings. The quantitative estimate of drug-likeness (QED) is 0.721. The molecule has 1 aromatic rings. The van der Waals surface area contributed by atoms with Gasteiger partial charge in [-0.25, -0.2) is 0 Å². The number of thiazole rings is 1. The fraction of sp³-hybridized carbons (Fsp3) is 0.400. The molecule has 0 N–H and O–H groups in total. The second kappa shape index (κ2) is 3.83. The highest BCUT2D eigenvalue weighted by molar-refractivity contribution is 7.09. The molecule has 0 radical (unpaired) electrons. The van der Waals surface area contributed by atoms with Crippen molar-refractivity contribution in [1.82, 2.24) is 4.98 Å². The molecule has 1 aliphatic carbocycles. The SMILES string of the molecule is O=C1C=C(Cc2cncs2)CCC1. The van der Waals surface area contributed by atoms with Gasteiger partial charge >= 0.3 is 0 Å². The molecule has 3 heteroatoms. The lowest BCUT2D eigenvalue weighted by Crippen LogP contribution is -2.03. The van der Waals surface area contributed by atoms with Gasteiger partial charge in [-0.2, -0.15) is 0 Å². The summed E-state index contributed by atoms with van der Waals surface area (Å²) in [6, 6.07) is 0. The minimum absolute atomic E-state index is 0.283. The van der Waals surface area contributed by atoms with Crippen molar-refractivity contribution in [1.29, 1.82) is 0 Å². The molecular formula is C10H11NOS. The first-order valence-corrected chi connectivity index (χ1v) is 5.32. The smallest absolute Gasteiger partial charge is 0.155 e. The summed E-state index contributed by atoms with van der Waals surface area (Å²) in [6.07, 6.45) is 7.42. The van der Waals surface area contributed by atoms with Crippen LogP contribution in [0.25, 0.3) is 0 Å². The van der Waals surface area contributed by atoms with Crippen molar-refractivity contribution in [2.24, 2.45) is 0 Å². The Bertz CT molecular complexity index is 327. The Labute approximate surface area is 81.3 Å². The molecule has 0 amide bonds. The van der Waals surface area contributed by atoms with Crippen molar-refractivity contribution in [3.8, 4) is 0 Å². The van der Waals surface area contributed by atoms with E-state index >= 15 is 0 Å². The number of carbonyl (C=O) groups is 1. The summed E-state index contributed by atoms with van der Waals surface area (Å²) in [5.74, 6) is 0.283. The van der Waals surface area contributed by atoms with Crippen LogP contribution >= 0.6 is 11.3 Å². The molecule has 0 atom stereocenters. The van der Waals surface area contributed by atoms with E-state index in [1.807, 2.05) is 17.8 Å². The predicted octanol–water partition coefficient (Wildman–Crippen LogP) is 2.37. The highest BCUT2D eigenvalue weighted by Crippen LogP contribution is 2.20. The highest BCUT2D eigenvalue weighted by Gasteiger charge is 2.10. The van der Waals surface area contributed by atoms with Crippen molar-refractivity contribution in [3.63, 3.8) is 0 Å². The lowest BCUT2D eigenvalue weighted by atomic mass is 9.96. The first-order valence-electron chi connectivity index (χ1n) is 4.44. The van der Waals surface area contributed by atoms with Crippen molar-refractivity contribution in [2.75, 3.05) is 0 Å². The third-order valence-corrected chi connectivity index (χ3v) is 2.95. The summed E-state index contributed by atoms with van der Waals surface area (Å²) >= 11 is 1.65. The molecule has 1 aliphatic rings. The molecule has 0 spiro atoms. The van der Waals surface area contributed by atoms with Crippen LogP contribution in [0.1, 0.15) is 24.1 Å². The van der Waals surface area contributed by atoms with Gasteiger partial charge in [-0.05, 0) is 18.9 Å². The molecule has 0 unspecified atom stereocenters. The zero-order valence-corrected chi connectivity index (χ0v) is 8.14. The Hall–Kier alpha value is -0.960. The maximum atomic E-state index is 11.1. The van der Waals surface area contributed by atoms with E-state index in [0.29, 0.717) is 0 Å². The average Bonchev–Trinajstić information content (AvgIpc) is 2.57. The minimum Gasteiger partial charge on any atom is -0.295 e. The van der Waals surface area contributed by atoms with E-state index in [0.717, 1.165) is 25.7 Å². The van der Waals surface area contributed by atoms with E-state index < -0.39 is 0 Å². The number of rotatable bonds is 2. The Morgan fingerprint density at radius 1 is 1.46 bits per heavy atom. The topological polar surface area (TPSA) is 30.0 Å². The first-order chi connectivity index (χ1) is 6.34. The Morgan fingerprint density at radius 2 is 2.38 bits per heavy atom. The second-order valence-corrected chi connectivity index (χ2v) is 4.24. The van der Waals surface area contributed by atoms with E-state index in [4.69, 9.17) is 0 Å². The molecule has 0 saturated carbocycles. The molecule has 13 heavy (non-hydrogen) atoms. The van der Waals surface area contributed by atoms with E-state index in [9.17, 15) is 4.79 Å². The van der Waals surface area contributed by atoms with Crippen LogP contribution in [0, 0.1) is 0 Å². The zero-order valence-electron chi connectivity index (χ0n) is 7.32. The summed E-state index contributed by atoms with van der Waals surface area (Å²) in [7, 11) is 0. The predicted molar refractivity (Wildman–Crippen MR) is 52.8 cm³/mol. The van der Waals surface area contributed by atoms with Crippen LogP contribution in [0.3, 0.4) is 0 Å². The van der Waals surface area contributed by atoms with Gasteiger partial charge in [-0.3, -0.25) is 9.78 Å². The molecule has 0 aliphatic heterocycles. The average molecular weight is 193 g/mol. The number of carbonyl (C=O) groups excluding carboxylic acids is 1. The summed E-state index contributed by atoms with van der Waals surface area (Å²) in [4.78, 5) is 16.4. The van der Waals surface area contributed by atoms with Gasteiger partial charge in [0, 0.05) is 23.9 Å². The number of hydrogen-bond donors (Lipinski definition) is 0. The van der Waals surface area contributed by atoms with E-state index in [2.05, 4.69) is 4.98 Å². The standard InChI is InChI=1S/C10H11NOS/c12-9-3-1-2-8(4-9)5-10-6-11-7-13-10/h4,6-7H,1-3,5H2. The van der Waals surface area contributed by atoms with Gasteiger partial charge in [0.15, 0.2) is 5.78 Å². The third kappa shape index (κ3) is 2.25. The monoisotopic (exact) mass is 193 g/mol. The van der Waals surface area contributed by atoms with Gasteiger partial charge in [0.05, 0.1) is 5.51 Å². The molecule has 2 nitrogen and oxygen atoms in total. The van der Waals surface area contributed by atoms with E-state index in [-0.39, 0.29) is 5.78 Å². The summed E-state index contributed by atoms with van der Waals surface area (Å²) < 4.78 is 0. The summed E-state index contributed by atoms with van der Waals surface area (Å²) in [5, 5.41) is 0. The Kier molecular flexibility index (Phi) is 2.54. The number of allylic oxidation sites excluding steroid dienone is 2. The van der Waals surface area contributed by atoms with Gasteiger partial charge in [-0.1, -0.05) is 5.57 Å². The van der Waals surface area contributed by atoms with Crippen LogP contribution in [0.5, 0.6) is 0 Å². The fourth-order valence-corrected chi connectivity index (χ4v) is 2.20. The lowest BCUT2D eigenvalue weighted by Gasteiger charge is -2.10. The summed E-state index contributed by atoms with van der Waals surface area (Å²) in [6.45, 7) is 0. The Morgan fingerprint density at radius 3 is 3.08 bits per heavy atom. The van der Waals surface area contributed by atoms with Gasteiger partial charge in [0.25, 0.3) is 0 Å². The van der Waals surface area contributed by atoms with Gasteiger partial charge < -0.3 is 0 Å². The number of hydrogen-bond acceptors (Lipinski definition) is 3. The number of nitrogens with zero attached hydrogens (tertiary/aromatic N) is 1. The molecule has 0 saturated heterocycles. The van der Waals surface area contributed by atoms with Crippen molar-refractivity contribution in [2.45, 2.75) is 25.7 Å². The van der Waals surface area contributed by atoms with Crippen LogP contribution in [0.4, 0.5) is 0 Å². The largest absolute Gasteiger partial charge is 0.295 e. The van der Waals surface area contributed by atoms with Crippen molar-refractivity contribution in [3.05, 3.63) is 28.2 Å². The fourth-order valence-electron chi connectivity index (χ4n) is 1.55. The number of ketones is 1. The normalized spacial score (nSPS) is 17.2. The van der Waals surface area contributed by atoms with Crippen LogP contribution in [0.15, 0.2) is 23.4 Å². The van der Waals surface area contributed by atoms with Crippen LogP contribution in [-0.4, -0.2) is 10.8 Å². The second-order valence-electron chi connectivity index (χ2n) is 3.27. The van der Waals surface area contributed by atoms with Gasteiger partial charge in [-0.15, -0.1) is 11.3 Å². The maximum Gasteiger partial charge on any atom is 0.155 e. The minimum atomic E-state index is 0.283. The van der Waals surface area contributed by atoms with Crippen LogP contribution < -0.4 is 0 Å². The van der Waals surface area contributed by atoms with Crippen molar-refractivity contribution < 1.29 is 4.79 Å². The molecule has 0 aromatic carbocycles. The van der Waals surface area contributed by atoms with E-state index in [1.54, 1.807) is 11.3 Å². The van der Waals surface area contributed by atoms with E-state index in [1.165, 1.54) is 10.5 Å². The van der Waals surface area contributed by atoms with Gasteiger partial charge in [0.1, 0.15) is 0 Å². The molecule has 1 aromatic heterocycles. The highest BCUT2D eigenvalue weighted by atomic mass is 32.1. The lowest BCUT2D eigenvalue weighted by molar-refractivity contribution is -0.115. The zero-order chi connectivity index (χ0) is 9.10. The molecule has 0 bridgehead atoms. The van der Waals surface area contributed by atoms with Crippen LogP contribution in [-0.2, 0) is 11.2 Å². The summed E-state index contributed by atoms with van der Waals surface area (Å²) in [5.41, 5.74) is 3.10. The van der Waals surface area contributed by atoms with Crippen molar-refractivity contribution >= 4 is 17.1 Å². The molecule has 68 valence electrons. The molecule has 2 rings (SSSR count). The molecular weight excluding hydrogens is 182 g/mol. The Balaban J connectivity index is 2.06. The number of aromatic nitrogens is 1. The maximum absolute atomic E-state index is 11.1. The first kappa shape index (κ1) is 8.63. The van der Waals surface area contributed by atoms with Crippen LogP contribution in [0.2, 0.25) is 0 Å². The third-order valence-electron chi connectivity index (χ3n) is 2.17. The molecule has 1 heterocycles. The van der Waals surface area contributed by atoms with Gasteiger partial charge in [0.2, 0.25) is 0 Å².